The van der Waals surface area contributed by atoms with Gasteiger partial charge in [0.05, 0.1) is 12.7 Å². The van der Waals surface area contributed by atoms with Crippen LogP contribution in [0.5, 0.6) is 0 Å². The molecule has 0 aliphatic carbocycles. The lowest BCUT2D eigenvalue weighted by molar-refractivity contribution is -0.0295. The molecule has 1 aliphatic rings. The number of aromatic nitrogens is 1. The van der Waals surface area contributed by atoms with Crippen LogP contribution in [0.1, 0.15) is 24.2 Å². The minimum atomic E-state index is -0.149. The number of hydrogen-bond donors (Lipinski definition) is 1. The summed E-state index contributed by atoms with van der Waals surface area (Å²) in [6.45, 7) is 8.52. The minimum absolute atomic E-state index is 0.0405. The highest BCUT2D eigenvalue weighted by Crippen LogP contribution is 2.09. The van der Waals surface area contributed by atoms with Gasteiger partial charge >= 0.3 is 0 Å². The van der Waals surface area contributed by atoms with Gasteiger partial charge in [-0.3, -0.25) is 9.69 Å². The van der Waals surface area contributed by atoms with E-state index in [1.807, 2.05) is 0 Å². The molecule has 0 saturated carbocycles. The number of halogens is 1. The number of hydrogen-bond acceptors (Lipinski definition) is 4. The standard InChI is InChI=1S/C15H22ClN3O2/c1-11(2)9-19-5-6-21-13(10-19)8-18-15(20)12-3-4-17-14(16)7-12/h3-4,7,11,13H,5-6,8-10H2,1-2H3,(H,18,20)/t13-/m1/s1. The fourth-order valence-electron chi connectivity index (χ4n) is 2.44. The van der Waals surface area contributed by atoms with E-state index in [0.717, 1.165) is 19.6 Å². The molecule has 1 aromatic heterocycles. The van der Waals surface area contributed by atoms with Gasteiger partial charge in [0.25, 0.3) is 5.91 Å². The summed E-state index contributed by atoms with van der Waals surface area (Å²) in [7, 11) is 0. The van der Waals surface area contributed by atoms with Crippen molar-refractivity contribution in [2.24, 2.45) is 5.92 Å². The minimum Gasteiger partial charge on any atom is -0.374 e. The molecule has 5 nitrogen and oxygen atoms in total. The topological polar surface area (TPSA) is 54.5 Å². The lowest BCUT2D eigenvalue weighted by Gasteiger charge is -2.33. The van der Waals surface area contributed by atoms with Crippen molar-refractivity contribution in [3.8, 4) is 0 Å². The van der Waals surface area contributed by atoms with E-state index >= 15 is 0 Å². The van der Waals surface area contributed by atoms with Crippen LogP contribution in [0.25, 0.3) is 0 Å². The molecule has 21 heavy (non-hydrogen) atoms. The van der Waals surface area contributed by atoms with Crippen LogP contribution in [0, 0.1) is 5.92 Å². The zero-order valence-corrected chi connectivity index (χ0v) is 13.3. The number of nitrogens with zero attached hydrogens (tertiary/aromatic N) is 2. The number of amides is 1. The third kappa shape index (κ3) is 5.26. The Balaban J connectivity index is 1.81. The van der Waals surface area contributed by atoms with Crippen LogP contribution in [0.4, 0.5) is 0 Å². The number of rotatable bonds is 5. The third-order valence-electron chi connectivity index (χ3n) is 3.33. The van der Waals surface area contributed by atoms with Gasteiger partial charge in [-0.15, -0.1) is 0 Å². The van der Waals surface area contributed by atoms with E-state index in [0.29, 0.717) is 29.8 Å². The van der Waals surface area contributed by atoms with Crippen LogP contribution in [-0.4, -0.2) is 54.7 Å². The highest BCUT2D eigenvalue weighted by Gasteiger charge is 2.21. The predicted octanol–water partition coefficient (Wildman–Crippen LogP) is 1.82. The lowest BCUT2D eigenvalue weighted by atomic mass is 10.1. The molecule has 0 radical (unpaired) electrons. The molecule has 0 unspecified atom stereocenters. The van der Waals surface area contributed by atoms with Crippen LogP contribution in [0.15, 0.2) is 18.3 Å². The number of carbonyl (C=O) groups is 1. The second-order valence-corrected chi connectivity index (χ2v) is 6.11. The first-order chi connectivity index (χ1) is 10.0. The molecule has 1 N–H and O–H groups in total. The molecule has 1 aliphatic heterocycles. The SMILES string of the molecule is CC(C)CN1CCO[C@H](CNC(=O)c2ccnc(Cl)c2)C1. The molecule has 6 heteroatoms. The summed E-state index contributed by atoms with van der Waals surface area (Å²) in [6.07, 6.45) is 1.57. The highest BCUT2D eigenvalue weighted by molar-refractivity contribution is 6.29. The molecular weight excluding hydrogens is 290 g/mol. The van der Waals surface area contributed by atoms with Crippen LogP contribution >= 0.6 is 11.6 Å². The zero-order chi connectivity index (χ0) is 15.2. The van der Waals surface area contributed by atoms with Crippen molar-refractivity contribution < 1.29 is 9.53 Å². The van der Waals surface area contributed by atoms with Gasteiger partial charge in [0.1, 0.15) is 5.15 Å². The summed E-state index contributed by atoms with van der Waals surface area (Å²) in [4.78, 5) is 18.3. The molecule has 2 rings (SSSR count). The van der Waals surface area contributed by atoms with Crippen molar-refractivity contribution in [3.63, 3.8) is 0 Å². The van der Waals surface area contributed by atoms with Crippen LogP contribution in [-0.2, 0) is 4.74 Å². The van der Waals surface area contributed by atoms with Crippen molar-refractivity contribution >= 4 is 17.5 Å². The Morgan fingerprint density at radius 2 is 2.43 bits per heavy atom. The Bertz CT molecular complexity index is 482. The van der Waals surface area contributed by atoms with E-state index in [-0.39, 0.29) is 12.0 Å². The van der Waals surface area contributed by atoms with E-state index in [9.17, 15) is 4.79 Å². The quantitative estimate of drug-likeness (QED) is 0.843. The summed E-state index contributed by atoms with van der Waals surface area (Å²) < 4.78 is 5.70. The van der Waals surface area contributed by atoms with E-state index in [4.69, 9.17) is 16.3 Å². The molecule has 0 spiro atoms. The second-order valence-electron chi connectivity index (χ2n) is 5.72. The van der Waals surface area contributed by atoms with Crippen LogP contribution in [0.2, 0.25) is 5.15 Å². The van der Waals surface area contributed by atoms with Gasteiger partial charge in [0.15, 0.2) is 0 Å². The van der Waals surface area contributed by atoms with E-state index in [1.165, 1.54) is 6.20 Å². The summed E-state index contributed by atoms with van der Waals surface area (Å²) in [6, 6.07) is 3.21. The maximum absolute atomic E-state index is 12.0. The molecule has 116 valence electrons. The maximum atomic E-state index is 12.0. The molecule has 1 saturated heterocycles. The Morgan fingerprint density at radius 1 is 1.62 bits per heavy atom. The highest BCUT2D eigenvalue weighted by atomic mass is 35.5. The fourth-order valence-corrected chi connectivity index (χ4v) is 2.61. The maximum Gasteiger partial charge on any atom is 0.251 e. The zero-order valence-electron chi connectivity index (χ0n) is 12.5. The van der Waals surface area contributed by atoms with Crippen molar-refractivity contribution in [1.82, 2.24) is 15.2 Å². The normalized spacial score (nSPS) is 19.7. The van der Waals surface area contributed by atoms with Gasteiger partial charge in [0, 0.05) is 37.9 Å². The predicted molar refractivity (Wildman–Crippen MR) is 82.6 cm³/mol. The first-order valence-electron chi connectivity index (χ1n) is 7.28. The second kappa shape index (κ2) is 7.73. The summed E-state index contributed by atoms with van der Waals surface area (Å²) >= 11 is 5.78. The monoisotopic (exact) mass is 311 g/mol. The Morgan fingerprint density at radius 3 is 3.14 bits per heavy atom. The third-order valence-corrected chi connectivity index (χ3v) is 3.53. The number of carbonyl (C=O) groups excluding carboxylic acids is 1. The average molecular weight is 312 g/mol. The molecule has 0 bridgehead atoms. The van der Waals surface area contributed by atoms with Crippen LogP contribution < -0.4 is 5.32 Å². The van der Waals surface area contributed by atoms with Gasteiger partial charge < -0.3 is 10.1 Å². The molecule has 2 heterocycles. The van der Waals surface area contributed by atoms with Gasteiger partial charge in [-0.2, -0.15) is 0 Å². The number of ether oxygens (including phenoxy) is 1. The van der Waals surface area contributed by atoms with Gasteiger partial charge in [-0.1, -0.05) is 25.4 Å². The Kier molecular flexibility index (Phi) is 5.96. The molecule has 1 fully saturated rings. The Labute approximate surface area is 130 Å². The molecule has 1 aromatic rings. The van der Waals surface area contributed by atoms with Crippen molar-refractivity contribution in [2.75, 3.05) is 32.8 Å². The van der Waals surface area contributed by atoms with Crippen molar-refractivity contribution in [2.45, 2.75) is 20.0 Å². The molecule has 0 aromatic carbocycles. The Hall–Kier alpha value is -1.17. The molecular formula is C15H22ClN3O2. The number of pyridine rings is 1. The van der Waals surface area contributed by atoms with Gasteiger partial charge in [-0.05, 0) is 18.1 Å². The molecule has 1 amide bonds. The van der Waals surface area contributed by atoms with E-state index < -0.39 is 0 Å². The lowest BCUT2D eigenvalue weighted by Crippen LogP contribution is -2.48. The first kappa shape index (κ1) is 16.2. The first-order valence-corrected chi connectivity index (χ1v) is 7.66. The summed E-state index contributed by atoms with van der Waals surface area (Å²) in [5.74, 6) is 0.487. The number of nitrogens with one attached hydrogen (secondary N) is 1. The smallest absolute Gasteiger partial charge is 0.251 e. The van der Waals surface area contributed by atoms with Crippen molar-refractivity contribution in [3.05, 3.63) is 29.0 Å². The van der Waals surface area contributed by atoms with Crippen molar-refractivity contribution in [1.29, 1.82) is 0 Å². The fraction of sp³-hybridized carbons (Fsp3) is 0.600. The molecule has 1 atom stereocenters. The van der Waals surface area contributed by atoms with Gasteiger partial charge in [-0.25, -0.2) is 4.98 Å². The van der Waals surface area contributed by atoms with Gasteiger partial charge in [0.2, 0.25) is 0 Å². The van der Waals surface area contributed by atoms with E-state index in [2.05, 4.69) is 29.0 Å². The summed E-state index contributed by atoms with van der Waals surface area (Å²) in [5.41, 5.74) is 0.518. The number of morpholine rings is 1. The van der Waals surface area contributed by atoms with Crippen LogP contribution in [0.3, 0.4) is 0 Å². The average Bonchev–Trinajstić information content (AvgIpc) is 2.44. The largest absolute Gasteiger partial charge is 0.374 e. The van der Waals surface area contributed by atoms with E-state index in [1.54, 1.807) is 12.1 Å². The summed E-state index contributed by atoms with van der Waals surface area (Å²) in [5, 5.41) is 3.21.